The molecule has 0 saturated heterocycles. The first-order valence-corrected chi connectivity index (χ1v) is 6.10. The molecule has 6 heteroatoms. The molecule has 2 heterocycles. The highest BCUT2D eigenvalue weighted by molar-refractivity contribution is 6.30. The van der Waals surface area contributed by atoms with Gasteiger partial charge < -0.3 is 4.52 Å². The minimum Gasteiger partial charge on any atom is -0.332 e. The Bertz CT molecular complexity index is 789. The molecule has 3 rings (SSSR count). The van der Waals surface area contributed by atoms with Gasteiger partial charge in [-0.25, -0.2) is 4.98 Å². The third kappa shape index (κ3) is 2.37. The van der Waals surface area contributed by atoms with Gasteiger partial charge in [-0.15, -0.1) is 0 Å². The lowest BCUT2D eigenvalue weighted by Gasteiger charge is -1.94. The van der Waals surface area contributed by atoms with Gasteiger partial charge in [0.1, 0.15) is 5.69 Å². The van der Waals surface area contributed by atoms with E-state index in [4.69, 9.17) is 21.4 Å². The van der Waals surface area contributed by atoms with E-state index in [1.807, 2.05) is 6.07 Å². The van der Waals surface area contributed by atoms with E-state index in [2.05, 4.69) is 21.2 Å². The molecule has 0 fully saturated rings. The second-order valence-corrected chi connectivity index (χ2v) is 4.41. The number of hydrogen-bond donors (Lipinski definition) is 0. The number of hydrogen-bond acceptors (Lipinski definition) is 5. The molecule has 0 amide bonds. The number of aromatic nitrogens is 3. The van der Waals surface area contributed by atoms with Crippen molar-refractivity contribution in [3.8, 4) is 29.0 Å². The van der Waals surface area contributed by atoms with E-state index < -0.39 is 0 Å². The molecule has 0 aliphatic carbocycles. The number of nitriles is 1. The maximum Gasteiger partial charge on any atom is 0.276 e. The Labute approximate surface area is 119 Å². The predicted octanol–water partition coefficient (Wildman–Crippen LogP) is 3.32. The fourth-order valence-electron chi connectivity index (χ4n) is 1.67. The highest BCUT2D eigenvalue weighted by Crippen LogP contribution is 2.22. The highest BCUT2D eigenvalue weighted by Gasteiger charge is 2.11. The van der Waals surface area contributed by atoms with Crippen molar-refractivity contribution >= 4 is 11.6 Å². The van der Waals surface area contributed by atoms with Gasteiger partial charge in [0.2, 0.25) is 5.82 Å². The predicted molar refractivity (Wildman–Crippen MR) is 72.7 cm³/mol. The van der Waals surface area contributed by atoms with Crippen LogP contribution in [0.15, 0.2) is 47.1 Å². The Morgan fingerprint density at radius 2 is 2.10 bits per heavy atom. The van der Waals surface area contributed by atoms with Gasteiger partial charge >= 0.3 is 0 Å². The summed E-state index contributed by atoms with van der Waals surface area (Å²) in [6.07, 6.45) is 1.51. The fourth-order valence-corrected chi connectivity index (χ4v) is 1.79. The van der Waals surface area contributed by atoms with Crippen LogP contribution in [0.3, 0.4) is 0 Å². The largest absolute Gasteiger partial charge is 0.332 e. The summed E-state index contributed by atoms with van der Waals surface area (Å²) in [5, 5.41) is 13.3. The number of nitrogens with zero attached hydrogens (tertiary/aromatic N) is 4. The average molecular weight is 283 g/mol. The van der Waals surface area contributed by atoms with E-state index in [0.717, 1.165) is 0 Å². The van der Waals surface area contributed by atoms with E-state index in [1.165, 1.54) is 6.20 Å². The van der Waals surface area contributed by atoms with Crippen LogP contribution >= 0.6 is 11.6 Å². The summed E-state index contributed by atoms with van der Waals surface area (Å²) in [4.78, 5) is 8.37. The lowest BCUT2D eigenvalue weighted by Crippen LogP contribution is -1.84. The smallest absolute Gasteiger partial charge is 0.276 e. The molecule has 1 aromatic carbocycles. The van der Waals surface area contributed by atoms with Crippen molar-refractivity contribution in [2.24, 2.45) is 0 Å². The van der Waals surface area contributed by atoms with E-state index in [0.29, 0.717) is 33.6 Å². The third-order valence-corrected chi connectivity index (χ3v) is 2.85. The molecule has 0 aliphatic rings. The third-order valence-electron chi connectivity index (χ3n) is 2.62. The van der Waals surface area contributed by atoms with Gasteiger partial charge in [-0.05, 0) is 24.3 Å². The molecule has 0 atom stereocenters. The van der Waals surface area contributed by atoms with Crippen LogP contribution in [0.2, 0.25) is 5.02 Å². The zero-order chi connectivity index (χ0) is 13.9. The van der Waals surface area contributed by atoms with Gasteiger partial charge in [0.15, 0.2) is 0 Å². The Morgan fingerprint density at radius 1 is 1.20 bits per heavy atom. The summed E-state index contributed by atoms with van der Waals surface area (Å²) in [7, 11) is 0. The first-order chi connectivity index (χ1) is 9.76. The van der Waals surface area contributed by atoms with Crippen LogP contribution < -0.4 is 0 Å². The Kier molecular flexibility index (Phi) is 3.15. The van der Waals surface area contributed by atoms with Crippen LogP contribution in [0.5, 0.6) is 0 Å². The maximum absolute atomic E-state index is 8.88. The van der Waals surface area contributed by atoms with Crippen molar-refractivity contribution in [2.75, 3.05) is 0 Å². The topological polar surface area (TPSA) is 75.6 Å². The summed E-state index contributed by atoms with van der Waals surface area (Å²) in [6.45, 7) is 0. The molecule has 0 radical (unpaired) electrons. The second kappa shape index (κ2) is 5.11. The fraction of sp³-hybridized carbons (Fsp3) is 0. The SMILES string of the molecule is N#Cc1cccc(-c2noc(-c3ccc(Cl)cn3)n2)c1. The molecule has 0 bridgehead atoms. The summed E-state index contributed by atoms with van der Waals surface area (Å²) in [6, 6.07) is 12.5. The molecular formula is C14H7ClN4O. The van der Waals surface area contributed by atoms with Gasteiger partial charge in [-0.3, -0.25) is 0 Å². The number of rotatable bonds is 2. The Hall–Kier alpha value is -2.71. The normalized spacial score (nSPS) is 10.2. The molecule has 0 saturated carbocycles. The van der Waals surface area contributed by atoms with Crippen molar-refractivity contribution in [1.29, 1.82) is 5.26 Å². The molecular weight excluding hydrogens is 276 g/mol. The highest BCUT2D eigenvalue weighted by atomic mass is 35.5. The first kappa shape index (κ1) is 12.3. The molecule has 20 heavy (non-hydrogen) atoms. The number of halogens is 1. The molecule has 0 aliphatic heterocycles. The summed E-state index contributed by atoms with van der Waals surface area (Å²) in [5.41, 5.74) is 1.80. The lowest BCUT2D eigenvalue weighted by molar-refractivity contribution is 0.431. The summed E-state index contributed by atoms with van der Waals surface area (Å²) in [5.74, 6) is 0.716. The van der Waals surface area contributed by atoms with Crippen LogP contribution in [0.25, 0.3) is 23.0 Å². The molecule has 3 aromatic rings. The molecule has 0 N–H and O–H groups in total. The Morgan fingerprint density at radius 3 is 2.85 bits per heavy atom. The summed E-state index contributed by atoms with van der Waals surface area (Å²) < 4.78 is 5.17. The van der Waals surface area contributed by atoms with Crippen molar-refractivity contribution in [3.05, 3.63) is 53.2 Å². The number of benzene rings is 1. The van der Waals surface area contributed by atoms with E-state index in [1.54, 1.807) is 30.3 Å². The van der Waals surface area contributed by atoms with Crippen LogP contribution in [-0.4, -0.2) is 15.1 Å². The van der Waals surface area contributed by atoms with E-state index >= 15 is 0 Å². The van der Waals surface area contributed by atoms with Crippen LogP contribution in [0, 0.1) is 11.3 Å². The molecule has 0 spiro atoms. The zero-order valence-electron chi connectivity index (χ0n) is 10.1. The minimum atomic E-state index is 0.305. The van der Waals surface area contributed by atoms with Crippen molar-refractivity contribution < 1.29 is 4.52 Å². The average Bonchev–Trinajstić information content (AvgIpc) is 2.98. The van der Waals surface area contributed by atoms with Gasteiger partial charge in [-0.1, -0.05) is 28.9 Å². The standard InChI is InChI=1S/C14H7ClN4O/c15-11-4-5-12(17-8-11)14-18-13(19-20-14)10-3-1-2-9(6-10)7-16/h1-6,8H. The minimum absolute atomic E-state index is 0.305. The molecule has 0 unspecified atom stereocenters. The van der Waals surface area contributed by atoms with Crippen LogP contribution in [0.4, 0.5) is 0 Å². The number of pyridine rings is 1. The zero-order valence-corrected chi connectivity index (χ0v) is 10.9. The van der Waals surface area contributed by atoms with Gasteiger partial charge in [0.05, 0.1) is 16.7 Å². The maximum atomic E-state index is 8.88. The molecule has 2 aromatic heterocycles. The van der Waals surface area contributed by atoms with Crippen molar-refractivity contribution in [2.45, 2.75) is 0 Å². The molecule has 5 nitrogen and oxygen atoms in total. The van der Waals surface area contributed by atoms with Gasteiger partial charge in [0.25, 0.3) is 5.89 Å². The lowest BCUT2D eigenvalue weighted by atomic mass is 10.1. The first-order valence-electron chi connectivity index (χ1n) is 5.72. The quantitative estimate of drug-likeness (QED) is 0.720. The van der Waals surface area contributed by atoms with Gasteiger partial charge in [0, 0.05) is 11.8 Å². The monoisotopic (exact) mass is 282 g/mol. The summed E-state index contributed by atoms with van der Waals surface area (Å²) >= 11 is 5.77. The molecule has 96 valence electrons. The van der Waals surface area contributed by atoms with Crippen LogP contribution in [-0.2, 0) is 0 Å². The van der Waals surface area contributed by atoms with E-state index in [9.17, 15) is 0 Å². The van der Waals surface area contributed by atoms with Crippen molar-refractivity contribution in [1.82, 2.24) is 15.1 Å². The van der Waals surface area contributed by atoms with Crippen LogP contribution in [0.1, 0.15) is 5.56 Å². The van der Waals surface area contributed by atoms with Crippen molar-refractivity contribution in [3.63, 3.8) is 0 Å². The Balaban J connectivity index is 1.97. The van der Waals surface area contributed by atoms with E-state index in [-0.39, 0.29) is 0 Å². The second-order valence-electron chi connectivity index (χ2n) is 3.98. The van der Waals surface area contributed by atoms with Gasteiger partial charge in [-0.2, -0.15) is 10.2 Å².